The lowest BCUT2D eigenvalue weighted by Crippen LogP contribution is -2.55. The smallest absolute Gasteiger partial charge is 0.328 e. The lowest BCUT2D eigenvalue weighted by atomic mass is 9.86. The molecule has 0 aliphatic carbocycles. The van der Waals surface area contributed by atoms with Crippen molar-refractivity contribution in [3.63, 3.8) is 0 Å². The van der Waals surface area contributed by atoms with Crippen LogP contribution < -0.4 is 11.1 Å². The van der Waals surface area contributed by atoms with Crippen LogP contribution in [-0.4, -0.2) is 31.1 Å². The summed E-state index contributed by atoms with van der Waals surface area (Å²) in [6.07, 6.45) is 0.812. The summed E-state index contributed by atoms with van der Waals surface area (Å²) in [4.78, 5) is 23.7. The van der Waals surface area contributed by atoms with Crippen LogP contribution >= 0.6 is 0 Å². The molecule has 0 heterocycles. The summed E-state index contributed by atoms with van der Waals surface area (Å²) in [6.45, 7) is 9.48. The van der Waals surface area contributed by atoms with Gasteiger partial charge in [-0.1, -0.05) is 41.0 Å². The quantitative estimate of drug-likeness (QED) is 0.723. The summed E-state index contributed by atoms with van der Waals surface area (Å²) in [7, 11) is 1.31. The minimum Gasteiger partial charge on any atom is -0.467 e. The van der Waals surface area contributed by atoms with Crippen LogP contribution in [0.4, 0.5) is 0 Å². The summed E-state index contributed by atoms with van der Waals surface area (Å²) in [5.74, 6) is -0.690. The second kappa shape index (κ2) is 6.73. The van der Waals surface area contributed by atoms with Gasteiger partial charge < -0.3 is 15.8 Å². The average Bonchev–Trinajstić information content (AvgIpc) is 2.31. The molecule has 5 nitrogen and oxygen atoms in total. The predicted molar refractivity (Wildman–Crippen MR) is 70.8 cm³/mol. The number of hydrogen-bond donors (Lipinski definition) is 2. The van der Waals surface area contributed by atoms with Gasteiger partial charge in [-0.05, 0) is 11.3 Å². The van der Waals surface area contributed by atoms with Gasteiger partial charge in [-0.25, -0.2) is 4.79 Å². The molecule has 0 spiro atoms. The molecule has 0 aromatic rings. The fourth-order valence-electron chi connectivity index (χ4n) is 1.50. The molecule has 0 rings (SSSR count). The van der Waals surface area contributed by atoms with Crippen molar-refractivity contribution in [3.8, 4) is 0 Å². The molecule has 0 aromatic heterocycles. The molecular formula is C13H26N2O3. The first kappa shape index (κ1) is 16.9. The molecule has 0 saturated heterocycles. The Balaban J connectivity index is 4.80. The molecule has 106 valence electrons. The number of carbonyl (C=O) groups is 2. The Morgan fingerprint density at radius 3 is 2.17 bits per heavy atom. The molecular weight excluding hydrogens is 232 g/mol. The van der Waals surface area contributed by atoms with Gasteiger partial charge in [0.2, 0.25) is 5.91 Å². The highest BCUT2D eigenvalue weighted by molar-refractivity contribution is 5.88. The standard InChI is InChI=1S/C13H26N2O3/c1-7-8(2)9(14)11(16)15-10(12(17)18-6)13(3,4)5/h8-10H,7,14H2,1-6H3,(H,15,16)/t8-,9?,10+/m0/s1. The lowest BCUT2D eigenvalue weighted by molar-refractivity contribution is -0.148. The van der Waals surface area contributed by atoms with Crippen LogP contribution in [0.1, 0.15) is 41.0 Å². The molecule has 0 radical (unpaired) electrons. The van der Waals surface area contributed by atoms with Gasteiger partial charge in [0.15, 0.2) is 0 Å². The monoisotopic (exact) mass is 258 g/mol. The zero-order valence-electron chi connectivity index (χ0n) is 12.2. The Kier molecular flexibility index (Phi) is 6.32. The van der Waals surface area contributed by atoms with Gasteiger partial charge in [0, 0.05) is 0 Å². The van der Waals surface area contributed by atoms with Crippen molar-refractivity contribution >= 4 is 11.9 Å². The number of rotatable bonds is 5. The first-order chi connectivity index (χ1) is 8.15. The zero-order chi connectivity index (χ0) is 14.5. The van der Waals surface area contributed by atoms with Gasteiger partial charge in [-0.2, -0.15) is 0 Å². The number of nitrogens with two attached hydrogens (primary N) is 1. The highest BCUT2D eigenvalue weighted by Gasteiger charge is 2.35. The molecule has 0 aliphatic rings. The van der Waals surface area contributed by atoms with Crippen LogP contribution in [-0.2, 0) is 14.3 Å². The van der Waals surface area contributed by atoms with Crippen LogP contribution in [0.5, 0.6) is 0 Å². The summed E-state index contributed by atoms with van der Waals surface area (Å²) < 4.78 is 4.71. The summed E-state index contributed by atoms with van der Waals surface area (Å²) in [5.41, 5.74) is 5.42. The van der Waals surface area contributed by atoms with Gasteiger partial charge in [0.25, 0.3) is 0 Å². The molecule has 0 saturated carbocycles. The van der Waals surface area contributed by atoms with E-state index in [4.69, 9.17) is 10.5 Å². The normalized spacial score (nSPS) is 16.6. The van der Waals surface area contributed by atoms with Crippen LogP contribution in [0.3, 0.4) is 0 Å². The molecule has 3 atom stereocenters. The third-order valence-electron chi connectivity index (χ3n) is 3.15. The maximum atomic E-state index is 12.0. The van der Waals surface area contributed by atoms with Gasteiger partial charge in [0.05, 0.1) is 13.2 Å². The molecule has 5 heteroatoms. The van der Waals surface area contributed by atoms with Gasteiger partial charge in [-0.15, -0.1) is 0 Å². The van der Waals surface area contributed by atoms with Crippen molar-refractivity contribution in [2.24, 2.45) is 17.1 Å². The van der Waals surface area contributed by atoms with Crippen LogP contribution in [0.2, 0.25) is 0 Å². The Labute approximate surface area is 109 Å². The minimum atomic E-state index is -0.690. The SMILES string of the molecule is CC[C@H](C)C(N)C(=O)N[C@H](C(=O)OC)C(C)(C)C. The number of carbonyl (C=O) groups excluding carboxylic acids is 2. The van der Waals surface area contributed by atoms with Crippen molar-refractivity contribution in [2.75, 3.05) is 7.11 Å². The van der Waals surface area contributed by atoms with Crippen molar-refractivity contribution in [3.05, 3.63) is 0 Å². The van der Waals surface area contributed by atoms with E-state index in [2.05, 4.69) is 5.32 Å². The molecule has 18 heavy (non-hydrogen) atoms. The molecule has 1 unspecified atom stereocenters. The van der Waals surface area contributed by atoms with E-state index in [1.165, 1.54) is 7.11 Å². The average molecular weight is 258 g/mol. The number of hydrogen-bond acceptors (Lipinski definition) is 4. The van der Waals surface area contributed by atoms with Crippen molar-refractivity contribution in [1.82, 2.24) is 5.32 Å². The Hall–Kier alpha value is -1.10. The lowest BCUT2D eigenvalue weighted by Gasteiger charge is -2.30. The molecule has 0 aliphatic heterocycles. The third kappa shape index (κ3) is 4.64. The van der Waals surface area contributed by atoms with E-state index >= 15 is 0 Å². The molecule has 0 bridgehead atoms. The van der Waals surface area contributed by atoms with Crippen molar-refractivity contribution in [1.29, 1.82) is 0 Å². The molecule has 3 N–H and O–H groups in total. The highest BCUT2D eigenvalue weighted by atomic mass is 16.5. The van der Waals surface area contributed by atoms with E-state index in [0.717, 1.165) is 6.42 Å². The van der Waals surface area contributed by atoms with Crippen LogP contribution in [0.25, 0.3) is 0 Å². The molecule has 1 amide bonds. The Morgan fingerprint density at radius 1 is 1.33 bits per heavy atom. The fourth-order valence-corrected chi connectivity index (χ4v) is 1.50. The van der Waals surface area contributed by atoms with E-state index in [0.29, 0.717) is 0 Å². The predicted octanol–water partition coefficient (Wildman–Crippen LogP) is 1.06. The topological polar surface area (TPSA) is 81.4 Å². The second-order valence-electron chi connectivity index (χ2n) is 5.74. The van der Waals surface area contributed by atoms with E-state index in [-0.39, 0.29) is 11.8 Å². The number of esters is 1. The minimum absolute atomic E-state index is 0.0725. The third-order valence-corrected chi connectivity index (χ3v) is 3.15. The largest absolute Gasteiger partial charge is 0.467 e. The molecule has 0 aromatic carbocycles. The van der Waals surface area contributed by atoms with Crippen molar-refractivity contribution < 1.29 is 14.3 Å². The number of nitrogens with one attached hydrogen (secondary N) is 1. The Bertz CT molecular complexity index is 297. The van der Waals surface area contributed by atoms with Gasteiger partial charge in [-0.3, -0.25) is 4.79 Å². The van der Waals surface area contributed by atoms with E-state index in [9.17, 15) is 9.59 Å². The maximum absolute atomic E-state index is 12.0. The zero-order valence-corrected chi connectivity index (χ0v) is 12.2. The van der Waals surface area contributed by atoms with E-state index in [1.807, 2.05) is 34.6 Å². The van der Waals surface area contributed by atoms with E-state index < -0.39 is 23.5 Å². The number of methoxy groups -OCH3 is 1. The summed E-state index contributed by atoms with van der Waals surface area (Å²) in [5, 5.41) is 2.68. The maximum Gasteiger partial charge on any atom is 0.328 e. The van der Waals surface area contributed by atoms with Gasteiger partial charge in [0.1, 0.15) is 6.04 Å². The fraction of sp³-hybridized carbons (Fsp3) is 0.846. The van der Waals surface area contributed by atoms with Crippen LogP contribution in [0, 0.1) is 11.3 Å². The highest BCUT2D eigenvalue weighted by Crippen LogP contribution is 2.20. The number of ether oxygens (including phenoxy) is 1. The van der Waals surface area contributed by atoms with Crippen LogP contribution in [0.15, 0.2) is 0 Å². The van der Waals surface area contributed by atoms with Crippen molar-refractivity contribution in [2.45, 2.75) is 53.1 Å². The summed E-state index contributed by atoms with van der Waals surface area (Å²) in [6, 6.07) is -1.30. The Morgan fingerprint density at radius 2 is 1.83 bits per heavy atom. The van der Waals surface area contributed by atoms with E-state index in [1.54, 1.807) is 0 Å². The summed E-state index contributed by atoms with van der Waals surface area (Å²) >= 11 is 0. The van der Waals surface area contributed by atoms with Gasteiger partial charge >= 0.3 is 5.97 Å². The number of amides is 1. The first-order valence-corrected chi connectivity index (χ1v) is 6.28. The second-order valence-corrected chi connectivity index (χ2v) is 5.74. The first-order valence-electron chi connectivity index (χ1n) is 6.28. The molecule has 0 fully saturated rings.